The molecule has 0 spiro atoms. The van der Waals surface area contributed by atoms with E-state index in [0.29, 0.717) is 6.04 Å². The number of unbranched alkanes of at least 4 members (excludes halogenated alkanes) is 5. The zero-order chi connectivity index (χ0) is 12.5. The van der Waals surface area contributed by atoms with Crippen LogP contribution in [0.25, 0.3) is 0 Å². The molecule has 1 saturated heterocycles. The number of carboxylic acids is 1. The van der Waals surface area contributed by atoms with Crippen LogP contribution in [0, 0.1) is 0 Å². The lowest BCUT2D eigenvalue weighted by molar-refractivity contribution is -0.140. The van der Waals surface area contributed by atoms with Gasteiger partial charge in [-0.25, -0.2) is 0 Å². The van der Waals surface area contributed by atoms with Gasteiger partial charge in [0.25, 0.3) is 0 Å². The number of carbonyl (C=O) groups is 1. The van der Waals surface area contributed by atoms with Gasteiger partial charge in [-0.15, -0.1) is 0 Å². The van der Waals surface area contributed by atoms with Crippen molar-refractivity contribution in [3.63, 3.8) is 0 Å². The first-order valence-corrected chi connectivity index (χ1v) is 7.23. The molecule has 1 fully saturated rings. The maximum absolute atomic E-state index is 10.9. The summed E-state index contributed by atoms with van der Waals surface area (Å²) in [6, 6.07) is 0.143. The highest BCUT2D eigenvalue weighted by atomic mass is 16.4. The van der Waals surface area contributed by atoms with Crippen molar-refractivity contribution in [1.82, 2.24) is 5.32 Å². The highest BCUT2D eigenvalue weighted by molar-refractivity contribution is 5.73. The second-order valence-corrected chi connectivity index (χ2v) is 5.24. The van der Waals surface area contributed by atoms with Crippen LogP contribution >= 0.6 is 0 Å². The quantitative estimate of drug-likeness (QED) is 0.641. The Morgan fingerprint density at radius 2 is 1.88 bits per heavy atom. The van der Waals surface area contributed by atoms with E-state index in [2.05, 4.69) is 12.2 Å². The fraction of sp³-hybridized carbons (Fsp3) is 0.929. The van der Waals surface area contributed by atoms with Crippen molar-refractivity contribution < 1.29 is 9.90 Å². The molecule has 1 rings (SSSR count). The van der Waals surface area contributed by atoms with Crippen molar-refractivity contribution in [2.24, 2.45) is 0 Å². The highest BCUT2D eigenvalue weighted by Crippen LogP contribution is 2.18. The molecule has 0 aliphatic carbocycles. The number of nitrogens with one attached hydrogen (secondary N) is 1. The molecule has 3 heteroatoms. The van der Waals surface area contributed by atoms with Gasteiger partial charge in [-0.2, -0.15) is 0 Å². The average molecular weight is 241 g/mol. The van der Waals surface area contributed by atoms with Crippen LogP contribution in [0.15, 0.2) is 0 Å². The van der Waals surface area contributed by atoms with E-state index in [-0.39, 0.29) is 6.04 Å². The monoisotopic (exact) mass is 241 g/mol. The molecule has 0 radical (unpaired) electrons. The standard InChI is InChI=1S/C14H27NO2/c1-2-3-4-5-6-7-9-12-10-8-11-13(15-12)14(16)17/h12-13,15H,2-11H2,1H3,(H,16,17). The molecule has 0 aromatic rings. The second-order valence-electron chi connectivity index (χ2n) is 5.24. The Morgan fingerprint density at radius 1 is 1.18 bits per heavy atom. The van der Waals surface area contributed by atoms with Crippen LogP contribution in [0.5, 0.6) is 0 Å². The summed E-state index contributed by atoms with van der Waals surface area (Å²) in [5, 5.41) is 12.2. The van der Waals surface area contributed by atoms with Gasteiger partial charge in [0.1, 0.15) is 6.04 Å². The third-order valence-corrected chi connectivity index (χ3v) is 3.69. The van der Waals surface area contributed by atoms with Crippen LogP contribution in [-0.4, -0.2) is 23.2 Å². The lowest BCUT2D eigenvalue weighted by atomic mass is 9.94. The van der Waals surface area contributed by atoms with Crippen LogP contribution in [0.3, 0.4) is 0 Å². The van der Waals surface area contributed by atoms with Gasteiger partial charge in [0.05, 0.1) is 0 Å². The van der Waals surface area contributed by atoms with Gasteiger partial charge in [0, 0.05) is 6.04 Å². The zero-order valence-corrected chi connectivity index (χ0v) is 11.1. The Bertz CT molecular complexity index is 218. The van der Waals surface area contributed by atoms with Gasteiger partial charge in [-0.3, -0.25) is 4.79 Å². The Labute approximate surface area is 105 Å². The third-order valence-electron chi connectivity index (χ3n) is 3.69. The number of hydrogen-bond acceptors (Lipinski definition) is 2. The summed E-state index contributed by atoms with van der Waals surface area (Å²) in [5.41, 5.74) is 0. The Hall–Kier alpha value is -0.570. The molecule has 0 amide bonds. The van der Waals surface area contributed by atoms with E-state index in [0.717, 1.165) is 25.7 Å². The molecule has 0 saturated carbocycles. The molecule has 0 bridgehead atoms. The van der Waals surface area contributed by atoms with Crippen molar-refractivity contribution in [2.45, 2.75) is 83.2 Å². The molecule has 1 aliphatic rings. The van der Waals surface area contributed by atoms with E-state index in [9.17, 15) is 4.79 Å². The summed E-state index contributed by atoms with van der Waals surface area (Å²) < 4.78 is 0. The van der Waals surface area contributed by atoms with Gasteiger partial charge in [0.2, 0.25) is 0 Å². The largest absolute Gasteiger partial charge is 0.480 e. The van der Waals surface area contributed by atoms with Crippen LogP contribution in [-0.2, 0) is 4.79 Å². The summed E-state index contributed by atoms with van der Waals surface area (Å²) in [5.74, 6) is -0.683. The minimum Gasteiger partial charge on any atom is -0.480 e. The van der Waals surface area contributed by atoms with Crippen molar-refractivity contribution >= 4 is 5.97 Å². The molecule has 100 valence electrons. The number of piperidine rings is 1. The molecule has 2 N–H and O–H groups in total. The Kier molecular flexibility index (Phi) is 7.25. The highest BCUT2D eigenvalue weighted by Gasteiger charge is 2.25. The molecule has 0 aromatic carbocycles. The Morgan fingerprint density at radius 3 is 2.59 bits per heavy atom. The normalized spacial score (nSPS) is 24.8. The first kappa shape index (κ1) is 14.5. The molecule has 1 heterocycles. The van der Waals surface area contributed by atoms with E-state index in [1.807, 2.05) is 0 Å². The molecule has 2 unspecified atom stereocenters. The third kappa shape index (κ3) is 6.06. The lowest BCUT2D eigenvalue weighted by Crippen LogP contribution is -2.46. The van der Waals surface area contributed by atoms with Crippen molar-refractivity contribution in [2.75, 3.05) is 0 Å². The van der Waals surface area contributed by atoms with Crippen LogP contribution in [0.2, 0.25) is 0 Å². The molecular weight excluding hydrogens is 214 g/mol. The predicted molar refractivity (Wildman–Crippen MR) is 70.2 cm³/mol. The van der Waals surface area contributed by atoms with E-state index >= 15 is 0 Å². The predicted octanol–water partition coefficient (Wildman–Crippen LogP) is 3.33. The zero-order valence-electron chi connectivity index (χ0n) is 11.1. The number of rotatable bonds is 8. The van der Waals surface area contributed by atoms with Gasteiger partial charge in [0.15, 0.2) is 0 Å². The molecule has 17 heavy (non-hydrogen) atoms. The maximum atomic E-state index is 10.9. The van der Waals surface area contributed by atoms with Crippen molar-refractivity contribution in [3.8, 4) is 0 Å². The minimum absolute atomic E-state index is 0.297. The van der Waals surface area contributed by atoms with Crippen LogP contribution in [0.4, 0.5) is 0 Å². The molecular formula is C14H27NO2. The molecule has 2 atom stereocenters. The summed E-state index contributed by atoms with van der Waals surface area (Å²) in [4.78, 5) is 10.9. The lowest BCUT2D eigenvalue weighted by Gasteiger charge is -2.28. The van der Waals surface area contributed by atoms with Crippen molar-refractivity contribution in [3.05, 3.63) is 0 Å². The van der Waals surface area contributed by atoms with Crippen LogP contribution < -0.4 is 5.32 Å². The summed E-state index contributed by atoms with van der Waals surface area (Å²) in [6.45, 7) is 2.23. The molecule has 1 aliphatic heterocycles. The van der Waals surface area contributed by atoms with Gasteiger partial charge in [-0.05, 0) is 25.7 Å². The minimum atomic E-state index is -0.683. The van der Waals surface area contributed by atoms with E-state index in [4.69, 9.17) is 5.11 Å². The smallest absolute Gasteiger partial charge is 0.320 e. The Balaban J connectivity index is 2.04. The first-order valence-electron chi connectivity index (χ1n) is 7.23. The second kappa shape index (κ2) is 8.51. The van der Waals surface area contributed by atoms with Crippen LogP contribution in [0.1, 0.15) is 71.1 Å². The van der Waals surface area contributed by atoms with E-state index in [1.54, 1.807) is 0 Å². The summed E-state index contributed by atoms with van der Waals surface area (Å²) in [6.07, 6.45) is 12.0. The SMILES string of the molecule is CCCCCCCCC1CCCC(C(=O)O)N1. The van der Waals surface area contributed by atoms with Gasteiger partial charge in [-0.1, -0.05) is 45.4 Å². The first-order chi connectivity index (χ1) is 8.24. The molecule has 0 aromatic heterocycles. The fourth-order valence-corrected chi connectivity index (χ4v) is 2.61. The van der Waals surface area contributed by atoms with E-state index < -0.39 is 5.97 Å². The maximum Gasteiger partial charge on any atom is 0.320 e. The molecule has 3 nitrogen and oxygen atoms in total. The summed E-state index contributed by atoms with van der Waals surface area (Å²) in [7, 11) is 0. The van der Waals surface area contributed by atoms with Crippen molar-refractivity contribution in [1.29, 1.82) is 0 Å². The topological polar surface area (TPSA) is 49.3 Å². The van der Waals surface area contributed by atoms with Gasteiger partial charge >= 0.3 is 5.97 Å². The summed E-state index contributed by atoms with van der Waals surface area (Å²) >= 11 is 0. The van der Waals surface area contributed by atoms with E-state index in [1.165, 1.54) is 38.5 Å². The fourth-order valence-electron chi connectivity index (χ4n) is 2.61. The number of aliphatic carboxylic acids is 1. The number of carboxylic acid groups (broad SMARTS) is 1. The number of hydrogen-bond donors (Lipinski definition) is 2. The average Bonchev–Trinajstić information content (AvgIpc) is 2.34. The van der Waals surface area contributed by atoms with Gasteiger partial charge < -0.3 is 10.4 Å².